The number of amidine groups is 1. The molecule has 2 amide bonds. The Balaban J connectivity index is 2.87. The zero-order valence-electron chi connectivity index (χ0n) is 7.46. The van der Waals surface area contributed by atoms with Crippen LogP contribution in [0.2, 0.25) is 0 Å². The summed E-state index contributed by atoms with van der Waals surface area (Å²) in [6.45, 7) is 2.10. The summed E-state index contributed by atoms with van der Waals surface area (Å²) in [7, 11) is 1.23. The van der Waals surface area contributed by atoms with E-state index in [0.717, 1.165) is 0 Å². The zero-order valence-corrected chi connectivity index (χ0v) is 7.46. The molecule has 1 aliphatic rings. The highest BCUT2D eigenvalue weighted by Gasteiger charge is 2.40. The van der Waals surface area contributed by atoms with Gasteiger partial charge >= 0.3 is 12.0 Å². The number of carbonyl (C=O) groups is 2. The number of methoxy groups -OCH3 is 1. The Labute approximate surface area is 75.4 Å². The summed E-state index contributed by atoms with van der Waals surface area (Å²) in [5, 5.41) is 9.58. The van der Waals surface area contributed by atoms with Gasteiger partial charge in [0.25, 0.3) is 0 Å². The van der Waals surface area contributed by atoms with Gasteiger partial charge in [-0.2, -0.15) is 0 Å². The van der Waals surface area contributed by atoms with Crippen molar-refractivity contribution in [1.82, 2.24) is 10.2 Å². The number of nitrogens with zero attached hydrogens (tertiary/aromatic N) is 1. The molecule has 72 valence electrons. The van der Waals surface area contributed by atoms with Crippen molar-refractivity contribution < 1.29 is 14.3 Å². The van der Waals surface area contributed by atoms with Crippen molar-refractivity contribution in [2.24, 2.45) is 0 Å². The number of rotatable bonds is 2. The minimum Gasteiger partial charge on any atom is -0.467 e. The standard InChI is InChI=1S/C7H11N3O3/c1-3-10-4(6(11)13-2)5(8)9-7(10)12/h4H,3H2,1-2H3,(H2,8,9,12). The number of esters is 1. The van der Waals surface area contributed by atoms with Gasteiger partial charge in [0.15, 0.2) is 6.04 Å². The molecule has 0 radical (unpaired) electrons. The molecule has 0 spiro atoms. The fraction of sp³-hybridized carbons (Fsp3) is 0.571. The molecular formula is C7H11N3O3. The van der Waals surface area contributed by atoms with Gasteiger partial charge in [-0.05, 0) is 6.92 Å². The van der Waals surface area contributed by atoms with Crippen LogP contribution in [-0.2, 0) is 9.53 Å². The lowest BCUT2D eigenvalue weighted by Gasteiger charge is -2.17. The molecule has 0 aromatic carbocycles. The second-order valence-electron chi connectivity index (χ2n) is 2.56. The first kappa shape index (κ1) is 9.50. The van der Waals surface area contributed by atoms with Gasteiger partial charge < -0.3 is 9.64 Å². The summed E-state index contributed by atoms with van der Waals surface area (Å²) in [6.07, 6.45) is 0. The Kier molecular flexibility index (Phi) is 2.50. The Morgan fingerprint density at radius 2 is 2.38 bits per heavy atom. The number of hydrogen-bond acceptors (Lipinski definition) is 4. The molecule has 0 bridgehead atoms. The molecule has 13 heavy (non-hydrogen) atoms. The van der Waals surface area contributed by atoms with Crippen LogP contribution in [0.3, 0.4) is 0 Å². The highest BCUT2D eigenvalue weighted by molar-refractivity contribution is 6.15. The third-order valence-corrected chi connectivity index (χ3v) is 1.85. The predicted molar refractivity (Wildman–Crippen MR) is 44.4 cm³/mol. The van der Waals surface area contributed by atoms with E-state index in [1.807, 2.05) is 0 Å². The first-order valence-corrected chi connectivity index (χ1v) is 3.85. The van der Waals surface area contributed by atoms with Gasteiger partial charge in [0.2, 0.25) is 0 Å². The van der Waals surface area contributed by atoms with Crippen LogP contribution in [0.5, 0.6) is 0 Å². The number of ether oxygens (including phenoxy) is 1. The van der Waals surface area contributed by atoms with Crippen LogP contribution < -0.4 is 5.32 Å². The minimum absolute atomic E-state index is 0.126. The van der Waals surface area contributed by atoms with E-state index in [-0.39, 0.29) is 5.84 Å². The molecule has 1 heterocycles. The average molecular weight is 185 g/mol. The lowest BCUT2D eigenvalue weighted by molar-refractivity contribution is -0.143. The Bertz CT molecular complexity index is 264. The van der Waals surface area contributed by atoms with Crippen molar-refractivity contribution in [2.45, 2.75) is 13.0 Å². The largest absolute Gasteiger partial charge is 0.467 e. The molecule has 6 nitrogen and oxygen atoms in total. The number of nitrogens with one attached hydrogen (secondary N) is 2. The minimum atomic E-state index is -0.900. The maximum absolute atomic E-state index is 11.1. The molecular weight excluding hydrogens is 174 g/mol. The third-order valence-electron chi connectivity index (χ3n) is 1.85. The van der Waals surface area contributed by atoms with Crippen molar-refractivity contribution in [3.8, 4) is 0 Å². The van der Waals surface area contributed by atoms with Crippen molar-refractivity contribution in [3.05, 3.63) is 0 Å². The molecule has 0 aromatic rings. The van der Waals surface area contributed by atoms with E-state index in [2.05, 4.69) is 10.1 Å². The van der Waals surface area contributed by atoms with Crippen molar-refractivity contribution >= 4 is 17.8 Å². The van der Waals surface area contributed by atoms with Crippen LogP contribution in [0.15, 0.2) is 0 Å². The first-order valence-electron chi connectivity index (χ1n) is 3.85. The fourth-order valence-electron chi connectivity index (χ4n) is 1.21. The van der Waals surface area contributed by atoms with E-state index in [1.165, 1.54) is 12.0 Å². The summed E-state index contributed by atoms with van der Waals surface area (Å²) < 4.78 is 4.47. The smallest absolute Gasteiger partial charge is 0.336 e. The van der Waals surface area contributed by atoms with Crippen LogP contribution in [-0.4, -0.2) is 42.4 Å². The predicted octanol–water partition coefficient (Wildman–Crippen LogP) is -0.450. The molecule has 6 heteroatoms. The summed E-state index contributed by atoms with van der Waals surface area (Å²) in [5.74, 6) is -0.719. The molecule has 1 aliphatic heterocycles. The van der Waals surface area contributed by atoms with Gasteiger partial charge in [-0.3, -0.25) is 10.7 Å². The Morgan fingerprint density at radius 1 is 1.77 bits per heavy atom. The Morgan fingerprint density at radius 3 is 2.85 bits per heavy atom. The normalized spacial score (nSPS) is 21.7. The van der Waals surface area contributed by atoms with Crippen molar-refractivity contribution in [3.63, 3.8) is 0 Å². The van der Waals surface area contributed by atoms with E-state index >= 15 is 0 Å². The van der Waals surface area contributed by atoms with E-state index in [4.69, 9.17) is 5.41 Å². The van der Waals surface area contributed by atoms with Gasteiger partial charge in [0.05, 0.1) is 7.11 Å². The molecule has 0 saturated carbocycles. The van der Waals surface area contributed by atoms with Crippen LogP contribution in [0, 0.1) is 5.41 Å². The van der Waals surface area contributed by atoms with Crippen LogP contribution in [0.4, 0.5) is 4.79 Å². The second-order valence-corrected chi connectivity index (χ2v) is 2.56. The Hall–Kier alpha value is -1.59. The van der Waals surface area contributed by atoms with E-state index < -0.39 is 18.0 Å². The highest BCUT2D eigenvalue weighted by atomic mass is 16.5. The number of urea groups is 1. The first-order chi connectivity index (χ1) is 6.11. The molecule has 1 unspecified atom stereocenters. The van der Waals surface area contributed by atoms with Crippen LogP contribution >= 0.6 is 0 Å². The molecule has 1 saturated heterocycles. The van der Waals surface area contributed by atoms with E-state index in [0.29, 0.717) is 6.54 Å². The lowest BCUT2D eigenvalue weighted by Crippen LogP contribution is -2.41. The second kappa shape index (κ2) is 3.42. The number of hydrogen-bond donors (Lipinski definition) is 2. The van der Waals surface area contributed by atoms with Gasteiger partial charge in [-0.15, -0.1) is 0 Å². The van der Waals surface area contributed by atoms with Crippen LogP contribution in [0.1, 0.15) is 6.92 Å². The molecule has 2 N–H and O–H groups in total. The topological polar surface area (TPSA) is 82.5 Å². The zero-order chi connectivity index (χ0) is 10.0. The fourth-order valence-corrected chi connectivity index (χ4v) is 1.21. The maximum Gasteiger partial charge on any atom is 0.336 e. The summed E-state index contributed by atoms with van der Waals surface area (Å²) in [5.41, 5.74) is 0. The average Bonchev–Trinajstić information content (AvgIpc) is 2.39. The van der Waals surface area contributed by atoms with Gasteiger partial charge in [-0.1, -0.05) is 0 Å². The summed E-state index contributed by atoms with van der Waals surface area (Å²) in [6, 6.07) is -1.33. The van der Waals surface area contributed by atoms with Crippen molar-refractivity contribution in [1.29, 1.82) is 5.41 Å². The third kappa shape index (κ3) is 1.47. The van der Waals surface area contributed by atoms with Crippen LogP contribution in [0.25, 0.3) is 0 Å². The highest BCUT2D eigenvalue weighted by Crippen LogP contribution is 2.09. The van der Waals surface area contributed by atoms with Gasteiger partial charge in [0, 0.05) is 6.54 Å². The summed E-state index contributed by atoms with van der Waals surface area (Å²) >= 11 is 0. The molecule has 0 aliphatic carbocycles. The van der Waals surface area contributed by atoms with E-state index in [1.54, 1.807) is 6.92 Å². The lowest BCUT2D eigenvalue weighted by atomic mass is 10.2. The van der Waals surface area contributed by atoms with Gasteiger partial charge in [-0.25, -0.2) is 9.59 Å². The maximum atomic E-state index is 11.1. The summed E-state index contributed by atoms with van der Waals surface area (Å²) in [4.78, 5) is 23.5. The molecule has 1 rings (SSSR count). The monoisotopic (exact) mass is 185 g/mol. The van der Waals surface area contributed by atoms with E-state index in [9.17, 15) is 9.59 Å². The van der Waals surface area contributed by atoms with Crippen molar-refractivity contribution in [2.75, 3.05) is 13.7 Å². The molecule has 0 aromatic heterocycles. The number of likely N-dealkylation sites (N-methyl/N-ethyl adjacent to an activating group) is 1. The molecule has 1 atom stereocenters. The van der Waals surface area contributed by atoms with Gasteiger partial charge in [0.1, 0.15) is 5.84 Å². The SMILES string of the molecule is CCN1C(=O)NC(=N)C1C(=O)OC. The quantitative estimate of drug-likeness (QED) is 0.571. The number of carbonyl (C=O) groups excluding carboxylic acids is 2. The number of amides is 2. The molecule has 1 fully saturated rings.